The second-order valence-corrected chi connectivity index (χ2v) is 10.4. The number of methoxy groups -OCH3 is 1. The van der Waals surface area contributed by atoms with E-state index in [2.05, 4.69) is 35.4 Å². The second-order valence-electron chi connectivity index (χ2n) is 10.4. The highest BCUT2D eigenvalue weighted by Crippen LogP contribution is 2.26. The van der Waals surface area contributed by atoms with Crippen LogP contribution >= 0.6 is 0 Å². The Balaban J connectivity index is 0.00000220. The minimum absolute atomic E-state index is 0.193. The molecule has 1 atom stereocenters. The number of hydrogen-bond acceptors (Lipinski definition) is 8. The highest BCUT2D eigenvalue weighted by Gasteiger charge is 2.29. The largest absolute Gasteiger partial charge is 0.493 e. The number of allylic oxidation sites excluding steroid dienone is 5. The summed E-state index contributed by atoms with van der Waals surface area (Å²) in [5.74, 6) is 1.29. The SMILES string of the molecule is C/C(=C\C=C1\C(OCCCCCOc2coc(CN3CCN(C)CC3)cc2=O)=CC=CC1N)C(F)(F)F.CC.CCC.COC. The lowest BCUT2D eigenvalue weighted by atomic mass is 9.99. The van der Waals surface area contributed by atoms with E-state index in [9.17, 15) is 18.0 Å². The van der Waals surface area contributed by atoms with Crippen molar-refractivity contribution in [2.75, 3.05) is 60.7 Å². The number of likely N-dealkylation sites (N-methyl/N-ethyl adjacent to an activating group) is 1. The minimum atomic E-state index is -4.38. The molecule has 1 unspecified atom stereocenters. The van der Waals surface area contributed by atoms with E-state index in [-0.39, 0.29) is 11.2 Å². The van der Waals surface area contributed by atoms with Crippen molar-refractivity contribution < 1.29 is 31.8 Å². The number of hydrogen-bond donors (Lipinski definition) is 1. The van der Waals surface area contributed by atoms with Gasteiger partial charge >= 0.3 is 6.18 Å². The van der Waals surface area contributed by atoms with Crippen LogP contribution in [0.2, 0.25) is 0 Å². The molecule has 3 rings (SSSR count). The Morgan fingerprint density at radius 1 is 1.07 bits per heavy atom. The van der Waals surface area contributed by atoms with Crippen molar-refractivity contribution in [1.82, 2.24) is 9.80 Å². The lowest BCUT2D eigenvalue weighted by Gasteiger charge is -2.31. The molecule has 0 saturated carbocycles. The Morgan fingerprint density at radius 3 is 2.20 bits per heavy atom. The van der Waals surface area contributed by atoms with E-state index in [1.807, 2.05) is 13.8 Å². The number of ether oxygens (including phenoxy) is 3. The van der Waals surface area contributed by atoms with Crippen LogP contribution in [0.25, 0.3) is 0 Å². The third-order valence-electron chi connectivity index (χ3n) is 6.30. The summed E-state index contributed by atoms with van der Waals surface area (Å²) < 4.78 is 59.5. The van der Waals surface area contributed by atoms with E-state index >= 15 is 0 Å². The summed E-state index contributed by atoms with van der Waals surface area (Å²) in [5, 5.41) is 0. The smallest absolute Gasteiger partial charge is 0.412 e. The van der Waals surface area contributed by atoms with E-state index in [1.54, 1.807) is 32.4 Å². The summed E-state index contributed by atoms with van der Waals surface area (Å²) in [4.78, 5) is 16.9. The maximum atomic E-state index is 12.8. The summed E-state index contributed by atoms with van der Waals surface area (Å²) in [6.07, 6.45) is 7.95. The Kier molecular flexibility index (Phi) is 22.8. The van der Waals surface area contributed by atoms with Crippen LogP contribution in [0.4, 0.5) is 13.2 Å². The van der Waals surface area contributed by atoms with Crippen LogP contribution < -0.4 is 15.9 Å². The maximum Gasteiger partial charge on any atom is 0.412 e. The predicted molar refractivity (Wildman–Crippen MR) is 176 cm³/mol. The normalized spacial score (nSPS) is 18.0. The summed E-state index contributed by atoms with van der Waals surface area (Å²) in [6, 6.07) is 0.958. The lowest BCUT2D eigenvalue weighted by molar-refractivity contribution is -0.0913. The molecule has 0 aromatic carbocycles. The minimum Gasteiger partial charge on any atom is -0.493 e. The molecule has 1 fully saturated rings. The van der Waals surface area contributed by atoms with Crippen molar-refractivity contribution in [3.63, 3.8) is 0 Å². The van der Waals surface area contributed by atoms with Crippen LogP contribution in [0.3, 0.4) is 0 Å². The average molecular weight is 644 g/mol. The number of rotatable bonds is 11. The van der Waals surface area contributed by atoms with Gasteiger partial charge in [-0.1, -0.05) is 58.4 Å². The number of nitrogens with two attached hydrogens (primary N) is 1. The maximum absolute atomic E-state index is 12.8. The topological polar surface area (TPSA) is 90.4 Å². The molecular formula is C34H56F3N3O5. The van der Waals surface area contributed by atoms with Crippen molar-refractivity contribution in [3.8, 4) is 5.75 Å². The van der Waals surface area contributed by atoms with Crippen LogP contribution in [0, 0.1) is 0 Å². The second kappa shape index (κ2) is 24.4. The van der Waals surface area contributed by atoms with Gasteiger partial charge in [-0.15, -0.1) is 0 Å². The monoisotopic (exact) mass is 643 g/mol. The standard InChI is InChI=1S/C27H36F3N3O4.C3H8.C2H6O.C2H6/c1-20(27(28,29)30)9-10-22-23(31)7-6-8-25(22)35-15-4-3-5-16-36-26-19-37-21(17-24(26)34)18-33-13-11-32(2)12-14-33;2*1-3-2;1-2/h6-10,17,19,23H,3-5,11-16,18,31H2,1-2H3;3H2,1-2H3;1-2H3;1-2H3/b20-9+,22-10+;;;. The molecule has 8 nitrogen and oxygen atoms in total. The number of piperazine rings is 1. The molecule has 1 aliphatic carbocycles. The molecule has 1 saturated heterocycles. The first kappa shape index (κ1) is 42.1. The van der Waals surface area contributed by atoms with E-state index in [1.165, 1.54) is 24.8 Å². The lowest BCUT2D eigenvalue weighted by Crippen LogP contribution is -2.43. The third-order valence-corrected chi connectivity index (χ3v) is 6.30. The van der Waals surface area contributed by atoms with Gasteiger partial charge in [-0.3, -0.25) is 9.69 Å². The average Bonchev–Trinajstić information content (AvgIpc) is 2.99. The third kappa shape index (κ3) is 18.0. The van der Waals surface area contributed by atoms with Gasteiger partial charge in [-0.05, 0) is 39.3 Å². The van der Waals surface area contributed by atoms with Crippen molar-refractivity contribution in [3.05, 3.63) is 75.6 Å². The first-order valence-corrected chi connectivity index (χ1v) is 15.7. The highest BCUT2D eigenvalue weighted by atomic mass is 19.4. The molecule has 1 aromatic heterocycles. The number of unbranched alkanes of at least 4 members (excludes halogenated alkanes) is 2. The van der Waals surface area contributed by atoms with Crippen LogP contribution in [-0.2, 0) is 16.0 Å². The van der Waals surface area contributed by atoms with E-state index in [0.29, 0.717) is 49.7 Å². The molecule has 0 radical (unpaired) electrons. The van der Waals surface area contributed by atoms with E-state index in [4.69, 9.17) is 19.6 Å². The van der Waals surface area contributed by atoms with Crippen molar-refractivity contribution >= 4 is 0 Å². The van der Waals surface area contributed by atoms with E-state index in [0.717, 1.165) is 45.6 Å². The highest BCUT2D eigenvalue weighted by molar-refractivity contribution is 5.43. The fraction of sp³-hybridized carbons (Fsp3) is 0.618. The Morgan fingerprint density at radius 2 is 1.64 bits per heavy atom. The summed E-state index contributed by atoms with van der Waals surface area (Å²) in [7, 11) is 5.34. The van der Waals surface area contributed by atoms with Crippen molar-refractivity contribution in [1.29, 1.82) is 0 Å². The van der Waals surface area contributed by atoms with Gasteiger partial charge < -0.3 is 29.3 Å². The fourth-order valence-electron chi connectivity index (χ4n) is 3.86. The van der Waals surface area contributed by atoms with Gasteiger partial charge in [-0.25, -0.2) is 0 Å². The van der Waals surface area contributed by atoms with Gasteiger partial charge in [-0.2, -0.15) is 13.2 Å². The first-order valence-electron chi connectivity index (χ1n) is 15.7. The van der Waals surface area contributed by atoms with Gasteiger partial charge in [0.15, 0.2) is 0 Å². The van der Waals surface area contributed by atoms with Crippen molar-refractivity contribution in [2.24, 2.45) is 5.73 Å². The zero-order valence-electron chi connectivity index (χ0n) is 28.5. The summed E-state index contributed by atoms with van der Waals surface area (Å²) in [6.45, 7) is 14.5. The van der Waals surface area contributed by atoms with Crippen LogP contribution in [-0.4, -0.2) is 82.7 Å². The molecule has 1 aliphatic heterocycles. The number of halogens is 3. The molecule has 45 heavy (non-hydrogen) atoms. The molecule has 0 amide bonds. The Bertz CT molecular complexity index is 1100. The first-order chi connectivity index (χ1) is 21.5. The number of nitrogens with zero attached hydrogens (tertiary/aromatic N) is 2. The molecule has 0 spiro atoms. The zero-order valence-corrected chi connectivity index (χ0v) is 28.5. The molecule has 0 bridgehead atoms. The molecular weight excluding hydrogens is 587 g/mol. The summed E-state index contributed by atoms with van der Waals surface area (Å²) >= 11 is 0. The van der Waals surface area contributed by atoms with Gasteiger partial charge in [0.2, 0.25) is 11.2 Å². The quantitative estimate of drug-likeness (QED) is 0.261. The zero-order chi connectivity index (χ0) is 34.3. The van der Waals surface area contributed by atoms with E-state index < -0.39 is 17.8 Å². The predicted octanol–water partition coefficient (Wildman–Crippen LogP) is 6.87. The molecule has 2 aliphatic rings. The Hall–Kier alpha value is -2.86. The van der Waals surface area contributed by atoms with Gasteiger partial charge in [0.25, 0.3) is 0 Å². The number of alkyl halides is 3. The molecule has 1 aromatic rings. The van der Waals surface area contributed by atoms with Crippen LogP contribution in [0.15, 0.2) is 68.8 Å². The molecule has 2 heterocycles. The van der Waals surface area contributed by atoms with Gasteiger partial charge in [0.1, 0.15) is 17.8 Å². The van der Waals surface area contributed by atoms with Crippen molar-refractivity contribution in [2.45, 2.75) is 79.1 Å². The molecule has 258 valence electrons. The summed E-state index contributed by atoms with van der Waals surface area (Å²) in [5.41, 5.74) is 5.62. The van der Waals surface area contributed by atoms with Crippen LogP contribution in [0.1, 0.15) is 66.1 Å². The fourth-order valence-corrected chi connectivity index (χ4v) is 3.86. The van der Waals surface area contributed by atoms with Crippen LogP contribution in [0.5, 0.6) is 5.75 Å². The van der Waals surface area contributed by atoms with Gasteiger partial charge in [0, 0.05) is 57.6 Å². The van der Waals surface area contributed by atoms with Gasteiger partial charge in [0.05, 0.1) is 25.8 Å². The Labute approximate surface area is 268 Å². The molecule has 2 N–H and O–H groups in total. The molecule has 11 heteroatoms.